The van der Waals surface area contributed by atoms with Crippen LogP contribution in [0.1, 0.15) is 10.4 Å². The largest absolute Gasteiger partial charge is 0.411 e. The van der Waals surface area contributed by atoms with Crippen LogP contribution in [-0.2, 0) is 0 Å². The van der Waals surface area contributed by atoms with Gasteiger partial charge in [-0.1, -0.05) is 28.9 Å². The summed E-state index contributed by atoms with van der Waals surface area (Å²) >= 11 is 5.69. The fraction of sp³-hybridized carbons (Fsp3) is 0. The van der Waals surface area contributed by atoms with Crippen molar-refractivity contribution in [2.24, 2.45) is 5.16 Å². The average Bonchev–Trinajstić information content (AvgIpc) is 2.05. The average molecular weight is 184 g/mol. The molecule has 0 saturated carbocycles. The Morgan fingerprint density at radius 1 is 1.50 bits per heavy atom. The van der Waals surface area contributed by atoms with Gasteiger partial charge in [-0.2, -0.15) is 0 Å². The molecule has 0 fully saturated rings. The second-order valence-electron chi connectivity index (χ2n) is 2.09. The van der Waals surface area contributed by atoms with E-state index in [1.54, 1.807) is 24.3 Å². The van der Waals surface area contributed by atoms with Crippen LogP contribution in [0.2, 0.25) is 5.02 Å². The number of carbonyl (C=O) groups is 1. The van der Waals surface area contributed by atoms with E-state index >= 15 is 0 Å². The molecule has 3 nitrogen and oxygen atoms in total. The van der Waals surface area contributed by atoms with Crippen molar-refractivity contribution in [1.82, 2.24) is 0 Å². The maximum absolute atomic E-state index is 11.1. The molecule has 1 N–H and O–H groups in total. The highest BCUT2D eigenvalue weighted by atomic mass is 35.5. The van der Waals surface area contributed by atoms with Gasteiger partial charge in [0.15, 0.2) is 0 Å². The molecule has 0 atom stereocenters. The molecule has 0 bridgehead atoms. The standard InChI is InChI=1S/C8H6ClNO2/c9-7-4-2-1-3-6(7)8(11)5-10-12/h1-5,12H. The second-order valence-corrected chi connectivity index (χ2v) is 2.50. The van der Waals surface area contributed by atoms with Crippen molar-refractivity contribution in [2.45, 2.75) is 0 Å². The molecule has 0 spiro atoms. The lowest BCUT2D eigenvalue weighted by molar-refractivity contribution is 0.106. The van der Waals surface area contributed by atoms with E-state index in [1.165, 1.54) is 0 Å². The highest BCUT2D eigenvalue weighted by Gasteiger charge is 2.05. The number of carbonyl (C=O) groups excluding carboxylic acids is 1. The zero-order chi connectivity index (χ0) is 8.97. The zero-order valence-electron chi connectivity index (χ0n) is 6.07. The molecule has 1 aromatic carbocycles. The van der Waals surface area contributed by atoms with Gasteiger partial charge in [-0.15, -0.1) is 0 Å². The first-order chi connectivity index (χ1) is 5.75. The summed E-state index contributed by atoms with van der Waals surface area (Å²) in [5.74, 6) is -0.414. The number of halogens is 1. The minimum atomic E-state index is -0.414. The van der Waals surface area contributed by atoms with Crippen molar-refractivity contribution in [2.75, 3.05) is 0 Å². The first-order valence-electron chi connectivity index (χ1n) is 3.22. The molecule has 0 aliphatic heterocycles. The van der Waals surface area contributed by atoms with E-state index in [-0.39, 0.29) is 0 Å². The van der Waals surface area contributed by atoms with Crippen LogP contribution in [0.25, 0.3) is 0 Å². The van der Waals surface area contributed by atoms with Gasteiger partial charge in [0.05, 0.1) is 5.02 Å². The molecule has 1 aromatic rings. The highest BCUT2D eigenvalue weighted by Crippen LogP contribution is 2.14. The normalized spacial score (nSPS) is 10.4. The summed E-state index contributed by atoms with van der Waals surface area (Å²) in [6.45, 7) is 0. The molecule has 0 heterocycles. The fourth-order valence-corrected chi connectivity index (χ4v) is 1.01. The first kappa shape index (κ1) is 8.74. The number of rotatable bonds is 2. The van der Waals surface area contributed by atoms with Gasteiger partial charge in [-0.05, 0) is 12.1 Å². The molecule has 0 aromatic heterocycles. The summed E-state index contributed by atoms with van der Waals surface area (Å²) in [5, 5.41) is 11.1. The minimum Gasteiger partial charge on any atom is -0.411 e. The molecule has 0 aliphatic rings. The van der Waals surface area contributed by atoms with Gasteiger partial charge in [0.1, 0.15) is 6.21 Å². The molecule has 0 unspecified atom stereocenters. The molecule has 62 valence electrons. The lowest BCUT2D eigenvalue weighted by Crippen LogP contribution is -2.00. The predicted octanol–water partition coefficient (Wildman–Crippen LogP) is 1.98. The maximum atomic E-state index is 11.1. The topological polar surface area (TPSA) is 49.7 Å². The zero-order valence-corrected chi connectivity index (χ0v) is 6.82. The number of benzene rings is 1. The molecule has 0 aliphatic carbocycles. The van der Waals surface area contributed by atoms with E-state index < -0.39 is 5.78 Å². The van der Waals surface area contributed by atoms with Gasteiger partial charge < -0.3 is 5.21 Å². The van der Waals surface area contributed by atoms with Crippen LogP contribution in [-0.4, -0.2) is 17.2 Å². The quantitative estimate of drug-likeness (QED) is 0.330. The van der Waals surface area contributed by atoms with E-state index in [9.17, 15) is 4.79 Å². The van der Waals surface area contributed by atoms with Gasteiger partial charge in [-0.25, -0.2) is 0 Å². The third kappa shape index (κ3) is 1.83. The maximum Gasteiger partial charge on any atom is 0.208 e. The fourth-order valence-electron chi connectivity index (χ4n) is 0.783. The number of nitrogens with zero attached hydrogens (tertiary/aromatic N) is 1. The number of oxime groups is 1. The van der Waals surface area contributed by atoms with Crippen molar-refractivity contribution in [3.05, 3.63) is 34.9 Å². The van der Waals surface area contributed by atoms with Crippen molar-refractivity contribution in [3.8, 4) is 0 Å². The summed E-state index contributed by atoms with van der Waals surface area (Å²) in [6, 6.07) is 6.56. The Bertz CT molecular complexity index is 323. The van der Waals surface area contributed by atoms with Crippen LogP contribution in [0.5, 0.6) is 0 Å². The van der Waals surface area contributed by atoms with Crippen molar-refractivity contribution < 1.29 is 10.0 Å². The molecule has 0 amide bonds. The van der Waals surface area contributed by atoms with Gasteiger partial charge in [0.2, 0.25) is 5.78 Å². The molecular weight excluding hydrogens is 178 g/mol. The monoisotopic (exact) mass is 183 g/mol. The number of Topliss-reactive ketones (excluding diaryl/α,β-unsaturated/α-hetero) is 1. The molecular formula is C8H6ClNO2. The smallest absolute Gasteiger partial charge is 0.208 e. The Labute approximate surface area is 74.3 Å². The van der Waals surface area contributed by atoms with Crippen LogP contribution in [0, 0.1) is 0 Å². The Balaban J connectivity index is 3.03. The third-order valence-electron chi connectivity index (χ3n) is 1.31. The van der Waals surface area contributed by atoms with Crippen LogP contribution >= 0.6 is 11.6 Å². The molecule has 4 heteroatoms. The summed E-state index contributed by atoms with van der Waals surface area (Å²) in [6.07, 6.45) is 0.807. The number of hydrogen-bond donors (Lipinski definition) is 1. The molecule has 0 saturated heterocycles. The Kier molecular flexibility index (Phi) is 2.82. The summed E-state index contributed by atoms with van der Waals surface area (Å²) in [5.41, 5.74) is 0.331. The lowest BCUT2D eigenvalue weighted by Gasteiger charge is -1.96. The highest BCUT2D eigenvalue weighted by molar-refractivity contribution is 6.42. The van der Waals surface area contributed by atoms with Crippen LogP contribution in [0.4, 0.5) is 0 Å². The van der Waals surface area contributed by atoms with E-state index in [0.717, 1.165) is 6.21 Å². The van der Waals surface area contributed by atoms with E-state index in [1.807, 2.05) is 0 Å². The number of hydrogen-bond acceptors (Lipinski definition) is 3. The third-order valence-corrected chi connectivity index (χ3v) is 1.64. The first-order valence-corrected chi connectivity index (χ1v) is 3.60. The summed E-state index contributed by atoms with van der Waals surface area (Å²) in [4.78, 5) is 11.1. The Hall–Kier alpha value is -1.35. The van der Waals surface area contributed by atoms with Crippen molar-refractivity contribution >= 4 is 23.6 Å². The predicted molar refractivity (Wildman–Crippen MR) is 46.1 cm³/mol. The van der Waals surface area contributed by atoms with Crippen LogP contribution in [0.3, 0.4) is 0 Å². The molecule has 1 rings (SSSR count). The van der Waals surface area contributed by atoms with Crippen LogP contribution < -0.4 is 0 Å². The molecule has 12 heavy (non-hydrogen) atoms. The Morgan fingerprint density at radius 3 is 2.75 bits per heavy atom. The van der Waals surface area contributed by atoms with Gasteiger partial charge in [-0.3, -0.25) is 4.79 Å². The van der Waals surface area contributed by atoms with E-state index in [4.69, 9.17) is 16.8 Å². The van der Waals surface area contributed by atoms with Gasteiger partial charge in [0, 0.05) is 5.56 Å². The van der Waals surface area contributed by atoms with E-state index in [0.29, 0.717) is 10.6 Å². The summed E-state index contributed by atoms with van der Waals surface area (Å²) < 4.78 is 0. The molecule has 0 radical (unpaired) electrons. The van der Waals surface area contributed by atoms with Gasteiger partial charge in [0.25, 0.3) is 0 Å². The summed E-state index contributed by atoms with van der Waals surface area (Å²) in [7, 11) is 0. The van der Waals surface area contributed by atoms with Crippen molar-refractivity contribution in [1.29, 1.82) is 0 Å². The minimum absolute atomic E-state index is 0.331. The van der Waals surface area contributed by atoms with E-state index in [2.05, 4.69) is 5.16 Å². The second kappa shape index (κ2) is 3.88. The van der Waals surface area contributed by atoms with Crippen LogP contribution in [0.15, 0.2) is 29.4 Å². The SMILES string of the molecule is O=C(C=NO)c1ccccc1Cl. The van der Waals surface area contributed by atoms with Gasteiger partial charge >= 0.3 is 0 Å². The van der Waals surface area contributed by atoms with Crippen molar-refractivity contribution in [3.63, 3.8) is 0 Å². The number of ketones is 1. The lowest BCUT2D eigenvalue weighted by atomic mass is 10.1. The Morgan fingerprint density at radius 2 is 2.17 bits per heavy atom.